The predicted octanol–water partition coefficient (Wildman–Crippen LogP) is 4.21. The maximum Gasteiger partial charge on any atom is 0.203 e. The molecule has 0 aliphatic rings. The normalized spacial score (nSPS) is 10.5. The summed E-state index contributed by atoms with van der Waals surface area (Å²) in [6, 6.07) is 7.36. The van der Waals surface area contributed by atoms with Gasteiger partial charge in [-0.2, -0.15) is 0 Å². The minimum Gasteiger partial charge on any atom is -0.493 e. The van der Waals surface area contributed by atoms with Gasteiger partial charge in [0.15, 0.2) is 17.3 Å². The van der Waals surface area contributed by atoms with Crippen molar-refractivity contribution in [3.05, 3.63) is 58.9 Å². The smallest absolute Gasteiger partial charge is 0.203 e. The van der Waals surface area contributed by atoms with Crippen LogP contribution in [0.1, 0.15) is 15.9 Å². The number of benzene rings is 2. The fraction of sp³-hybridized carbons (Fsp3) is 0.158. The van der Waals surface area contributed by atoms with E-state index in [0.717, 1.165) is 0 Å². The Bertz CT molecular complexity index is 916. The maximum absolute atomic E-state index is 14.3. The molecular formula is C19H16FNO4S. The van der Waals surface area contributed by atoms with Crippen LogP contribution in [0.3, 0.4) is 0 Å². The molecule has 2 aromatic carbocycles. The molecule has 1 aromatic heterocycles. The molecule has 3 rings (SSSR count). The van der Waals surface area contributed by atoms with Gasteiger partial charge in [-0.05, 0) is 30.3 Å². The lowest BCUT2D eigenvalue weighted by molar-refractivity contribution is 0.103. The van der Waals surface area contributed by atoms with Gasteiger partial charge >= 0.3 is 0 Å². The molecule has 0 aliphatic carbocycles. The third-order valence-electron chi connectivity index (χ3n) is 3.82. The number of ketones is 1. The second-order valence-corrected chi connectivity index (χ2v) is 6.17. The monoisotopic (exact) mass is 373 g/mol. The molecule has 0 aliphatic heterocycles. The van der Waals surface area contributed by atoms with Gasteiger partial charge in [0.1, 0.15) is 10.8 Å². The van der Waals surface area contributed by atoms with Gasteiger partial charge in [0.25, 0.3) is 0 Å². The van der Waals surface area contributed by atoms with Gasteiger partial charge in [0.05, 0.1) is 26.9 Å². The number of methoxy groups -OCH3 is 3. The van der Waals surface area contributed by atoms with Gasteiger partial charge < -0.3 is 14.2 Å². The number of ether oxygens (including phenoxy) is 3. The minimum absolute atomic E-state index is 0.0491. The zero-order valence-corrected chi connectivity index (χ0v) is 15.2. The third kappa shape index (κ3) is 3.25. The van der Waals surface area contributed by atoms with Gasteiger partial charge in [-0.25, -0.2) is 9.37 Å². The number of hydrogen-bond acceptors (Lipinski definition) is 6. The Morgan fingerprint density at radius 2 is 1.73 bits per heavy atom. The summed E-state index contributed by atoms with van der Waals surface area (Å²) in [5, 5.41) is 2.53. The molecule has 0 saturated heterocycles. The lowest BCUT2D eigenvalue weighted by Gasteiger charge is -2.14. The first-order chi connectivity index (χ1) is 12.6. The first kappa shape index (κ1) is 17.9. The Hall–Kier alpha value is -2.93. The molecule has 134 valence electrons. The summed E-state index contributed by atoms with van der Waals surface area (Å²) < 4.78 is 30.1. The summed E-state index contributed by atoms with van der Waals surface area (Å²) in [5.74, 6) is -0.0776. The fourth-order valence-corrected chi connectivity index (χ4v) is 3.20. The first-order valence-electron chi connectivity index (χ1n) is 7.63. The van der Waals surface area contributed by atoms with Gasteiger partial charge in [0.2, 0.25) is 5.75 Å². The first-order valence-corrected chi connectivity index (χ1v) is 8.51. The Balaban J connectivity index is 2.08. The highest BCUT2D eigenvalue weighted by Crippen LogP contribution is 2.39. The van der Waals surface area contributed by atoms with Crippen molar-refractivity contribution in [1.29, 1.82) is 0 Å². The molecule has 5 nitrogen and oxygen atoms in total. The molecule has 0 atom stereocenters. The zero-order chi connectivity index (χ0) is 18.7. The number of nitrogens with zero attached hydrogens (tertiary/aromatic N) is 1. The fourth-order valence-electron chi connectivity index (χ4n) is 2.57. The van der Waals surface area contributed by atoms with Gasteiger partial charge in [-0.1, -0.05) is 0 Å². The predicted molar refractivity (Wildman–Crippen MR) is 97.0 cm³/mol. The van der Waals surface area contributed by atoms with E-state index in [9.17, 15) is 9.18 Å². The number of carbonyl (C=O) groups is 1. The van der Waals surface area contributed by atoms with Crippen molar-refractivity contribution in [2.45, 2.75) is 0 Å². The van der Waals surface area contributed by atoms with Crippen LogP contribution in [0.15, 0.2) is 41.9 Å². The average molecular weight is 373 g/mol. The molecular weight excluding hydrogens is 357 g/mol. The van der Waals surface area contributed by atoms with Crippen LogP contribution >= 0.6 is 11.3 Å². The Labute approximate surface area is 154 Å². The molecule has 0 radical (unpaired) electrons. The molecule has 0 spiro atoms. The molecule has 0 N–H and O–H groups in total. The number of carbonyl (C=O) groups excluding carboxylic acids is 1. The number of hydrogen-bond donors (Lipinski definition) is 0. The van der Waals surface area contributed by atoms with E-state index in [1.165, 1.54) is 56.9 Å². The van der Waals surface area contributed by atoms with Crippen molar-refractivity contribution in [2.75, 3.05) is 21.3 Å². The van der Waals surface area contributed by atoms with Crippen LogP contribution in [-0.2, 0) is 0 Å². The molecule has 1 heterocycles. The van der Waals surface area contributed by atoms with Gasteiger partial charge in [-0.15, -0.1) is 11.3 Å². The van der Waals surface area contributed by atoms with E-state index in [0.29, 0.717) is 27.8 Å². The number of aromatic nitrogens is 1. The highest BCUT2D eigenvalue weighted by molar-refractivity contribution is 7.13. The van der Waals surface area contributed by atoms with E-state index in [2.05, 4.69) is 4.98 Å². The van der Waals surface area contributed by atoms with Crippen LogP contribution in [0.2, 0.25) is 0 Å². The number of thiazole rings is 1. The van der Waals surface area contributed by atoms with E-state index in [4.69, 9.17) is 14.2 Å². The van der Waals surface area contributed by atoms with E-state index < -0.39 is 11.6 Å². The minimum atomic E-state index is -0.607. The SMILES string of the molecule is COc1cc(C(=O)c2cc(-c3nccs3)ccc2F)cc(OC)c1OC. The third-order valence-corrected chi connectivity index (χ3v) is 4.64. The number of halogens is 1. The molecule has 0 fully saturated rings. The summed E-state index contributed by atoms with van der Waals surface area (Å²) in [7, 11) is 4.38. The average Bonchev–Trinajstić information content (AvgIpc) is 3.21. The van der Waals surface area contributed by atoms with Crippen LogP contribution in [0, 0.1) is 5.82 Å². The molecule has 26 heavy (non-hydrogen) atoms. The number of rotatable bonds is 6. The lowest BCUT2D eigenvalue weighted by atomic mass is 10.00. The maximum atomic E-state index is 14.3. The molecule has 3 aromatic rings. The van der Waals surface area contributed by atoms with Crippen LogP contribution in [0.4, 0.5) is 4.39 Å². The van der Waals surface area contributed by atoms with Crippen LogP contribution in [-0.4, -0.2) is 32.1 Å². The van der Waals surface area contributed by atoms with Gasteiger partial charge in [0, 0.05) is 22.7 Å². The summed E-state index contributed by atoms with van der Waals surface area (Å²) in [5.41, 5.74) is 0.860. The van der Waals surface area contributed by atoms with Crippen molar-refractivity contribution < 1.29 is 23.4 Å². The van der Waals surface area contributed by atoms with Crippen molar-refractivity contribution in [1.82, 2.24) is 4.98 Å². The summed E-state index contributed by atoms with van der Waals surface area (Å²) in [4.78, 5) is 17.1. The van der Waals surface area contributed by atoms with Crippen molar-refractivity contribution in [2.24, 2.45) is 0 Å². The lowest BCUT2D eigenvalue weighted by Crippen LogP contribution is -2.06. The zero-order valence-electron chi connectivity index (χ0n) is 14.4. The van der Waals surface area contributed by atoms with Crippen molar-refractivity contribution in [3.8, 4) is 27.8 Å². The van der Waals surface area contributed by atoms with E-state index >= 15 is 0 Å². The van der Waals surface area contributed by atoms with Crippen LogP contribution in [0.25, 0.3) is 10.6 Å². The summed E-state index contributed by atoms with van der Waals surface area (Å²) in [6.45, 7) is 0. The Kier molecular flexibility index (Phi) is 5.18. The second-order valence-electron chi connectivity index (χ2n) is 5.28. The largest absolute Gasteiger partial charge is 0.493 e. The highest BCUT2D eigenvalue weighted by Gasteiger charge is 2.21. The topological polar surface area (TPSA) is 57.7 Å². The molecule has 0 saturated carbocycles. The molecule has 0 unspecified atom stereocenters. The van der Waals surface area contributed by atoms with Crippen LogP contribution in [0.5, 0.6) is 17.2 Å². The summed E-state index contributed by atoms with van der Waals surface area (Å²) >= 11 is 1.41. The van der Waals surface area contributed by atoms with E-state index in [1.807, 2.05) is 5.38 Å². The van der Waals surface area contributed by atoms with Gasteiger partial charge in [-0.3, -0.25) is 4.79 Å². The quantitative estimate of drug-likeness (QED) is 0.606. The van der Waals surface area contributed by atoms with E-state index in [1.54, 1.807) is 12.3 Å². The molecule has 7 heteroatoms. The highest BCUT2D eigenvalue weighted by atomic mass is 32.1. The van der Waals surface area contributed by atoms with Crippen LogP contribution < -0.4 is 14.2 Å². The molecule has 0 bridgehead atoms. The molecule has 0 amide bonds. The second kappa shape index (κ2) is 7.53. The standard InChI is InChI=1S/C19H16FNO4S/c1-23-15-9-12(10-16(24-2)18(15)25-3)17(22)13-8-11(4-5-14(13)20)19-21-6-7-26-19/h4-10H,1-3H3. The Morgan fingerprint density at radius 3 is 2.27 bits per heavy atom. The summed E-state index contributed by atoms with van der Waals surface area (Å²) in [6.07, 6.45) is 1.66. The van der Waals surface area contributed by atoms with E-state index in [-0.39, 0.29) is 11.1 Å². The van der Waals surface area contributed by atoms with Crippen molar-refractivity contribution in [3.63, 3.8) is 0 Å². The van der Waals surface area contributed by atoms with Crippen molar-refractivity contribution >= 4 is 17.1 Å². The Morgan fingerprint density at radius 1 is 1.04 bits per heavy atom.